The standard InChI is InChI=1S/C27H25BrN6O2/c1-16-5-4-6-23(17(16)2)30-26(35)24-18(3)29-27-31-32-33-34(27)25(24)20-9-13-22(14-10-20)36-15-19-7-11-21(28)12-8-19/h4-14,25H,15H2,1-3H3,(H,30,35)(H,29,31,33). The molecule has 1 amide bonds. The van der Waals surface area contributed by atoms with Crippen LogP contribution in [0.1, 0.15) is 35.2 Å². The van der Waals surface area contributed by atoms with Gasteiger partial charge in [-0.15, -0.1) is 0 Å². The first-order chi connectivity index (χ1) is 17.4. The van der Waals surface area contributed by atoms with E-state index in [0.29, 0.717) is 23.8 Å². The molecule has 36 heavy (non-hydrogen) atoms. The number of aromatic nitrogens is 4. The van der Waals surface area contributed by atoms with Crippen molar-refractivity contribution >= 4 is 33.5 Å². The maximum Gasteiger partial charge on any atom is 0.255 e. The average molecular weight is 545 g/mol. The first kappa shape index (κ1) is 23.7. The van der Waals surface area contributed by atoms with E-state index < -0.39 is 6.04 Å². The predicted molar refractivity (Wildman–Crippen MR) is 142 cm³/mol. The molecule has 1 aromatic heterocycles. The van der Waals surface area contributed by atoms with Gasteiger partial charge in [0.25, 0.3) is 5.91 Å². The first-order valence-electron chi connectivity index (χ1n) is 11.5. The lowest BCUT2D eigenvalue weighted by Crippen LogP contribution is -2.31. The van der Waals surface area contributed by atoms with Crippen LogP contribution in [0.15, 0.2) is 82.5 Å². The Morgan fingerprint density at radius 3 is 2.56 bits per heavy atom. The van der Waals surface area contributed by atoms with Crippen molar-refractivity contribution in [3.05, 3.63) is 105 Å². The Morgan fingerprint density at radius 1 is 1.06 bits per heavy atom. The van der Waals surface area contributed by atoms with Gasteiger partial charge in [0.1, 0.15) is 18.4 Å². The molecule has 1 unspecified atom stereocenters. The van der Waals surface area contributed by atoms with Crippen molar-refractivity contribution in [1.29, 1.82) is 0 Å². The molecule has 2 heterocycles. The summed E-state index contributed by atoms with van der Waals surface area (Å²) in [7, 11) is 0. The molecule has 9 heteroatoms. The summed E-state index contributed by atoms with van der Waals surface area (Å²) < 4.78 is 8.62. The van der Waals surface area contributed by atoms with Crippen LogP contribution in [0.3, 0.4) is 0 Å². The van der Waals surface area contributed by atoms with Gasteiger partial charge in [-0.3, -0.25) is 4.79 Å². The maximum atomic E-state index is 13.6. The minimum Gasteiger partial charge on any atom is -0.489 e. The van der Waals surface area contributed by atoms with Crippen LogP contribution in [0.5, 0.6) is 5.75 Å². The summed E-state index contributed by atoms with van der Waals surface area (Å²) in [6.45, 7) is 6.34. The van der Waals surface area contributed by atoms with E-state index in [-0.39, 0.29) is 5.91 Å². The molecule has 1 aliphatic heterocycles. The summed E-state index contributed by atoms with van der Waals surface area (Å²) in [4.78, 5) is 13.6. The third kappa shape index (κ3) is 4.74. The molecule has 0 saturated carbocycles. The molecule has 3 aromatic carbocycles. The molecule has 1 aliphatic rings. The molecule has 0 spiro atoms. The highest BCUT2D eigenvalue weighted by molar-refractivity contribution is 9.10. The molecule has 1 atom stereocenters. The highest BCUT2D eigenvalue weighted by atomic mass is 79.9. The Bertz CT molecular complexity index is 1440. The van der Waals surface area contributed by atoms with Gasteiger partial charge < -0.3 is 15.4 Å². The predicted octanol–water partition coefficient (Wildman–Crippen LogP) is 5.56. The number of carbonyl (C=O) groups excluding carboxylic acids is 1. The molecule has 0 fully saturated rings. The largest absolute Gasteiger partial charge is 0.489 e. The lowest BCUT2D eigenvalue weighted by atomic mass is 9.94. The molecule has 0 bridgehead atoms. The fourth-order valence-electron chi connectivity index (χ4n) is 4.18. The molecule has 0 aliphatic carbocycles. The Kier molecular flexibility index (Phi) is 6.56. The Morgan fingerprint density at radius 2 is 1.81 bits per heavy atom. The van der Waals surface area contributed by atoms with Gasteiger partial charge in [-0.25, -0.2) is 0 Å². The quantitative estimate of drug-likeness (QED) is 0.330. The van der Waals surface area contributed by atoms with Crippen molar-refractivity contribution in [2.75, 3.05) is 10.6 Å². The minimum absolute atomic E-state index is 0.213. The molecule has 182 valence electrons. The van der Waals surface area contributed by atoms with Crippen molar-refractivity contribution in [3.8, 4) is 5.75 Å². The lowest BCUT2D eigenvalue weighted by molar-refractivity contribution is -0.113. The van der Waals surface area contributed by atoms with Crippen molar-refractivity contribution in [2.45, 2.75) is 33.4 Å². The zero-order valence-corrected chi connectivity index (χ0v) is 21.7. The zero-order valence-electron chi connectivity index (χ0n) is 20.1. The molecule has 4 aromatic rings. The van der Waals surface area contributed by atoms with Crippen molar-refractivity contribution in [1.82, 2.24) is 20.2 Å². The van der Waals surface area contributed by atoms with E-state index in [4.69, 9.17) is 4.74 Å². The summed E-state index contributed by atoms with van der Waals surface area (Å²) in [6.07, 6.45) is 0. The van der Waals surface area contributed by atoms with Crippen LogP contribution >= 0.6 is 15.9 Å². The molecule has 2 N–H and O–H groups in total. The number of hydrogen-bond acceptors (Lipinski definition) is 6. The number of ether oxygens (including phenoxy) is 1. The van der Waals surface area contributed by atoms with E-state index >= 15 is 0 Å². The number of carbonyl (C=O) groups is 1. The number of hydrogen-bond donors (Lipinski definition) is 2. The van der Waals surface area contributed by atoms with Crippen LogP contribution in [0.4, 0.5) is 11.6 Å². The second kappa shape index (κ2) is 9.94. The number of nitrogens with zero attached hydrogens (tertiary/aromatic N) is 4. The molecular formula is C27H25BrN6O2. The molecule has 5 rings (SSSR count). The maximum absolute atomic E-state index is 13.6. The molecule has 0 saturated heterocycles. The number of nitrogens with one attached hydrogen (secondary N) is 2. The number of aryl methyl sites for hydroxylation is 1. The Labute approximate surface area is 217 Å². The van der Waals surface area contributed by atoms with E-state index in [1.807, 2.05) is 87.5 Å². The smallest absolute Gasteiger partial charge is 0.255 e. The molecule has 0 radical (unpaired) electrons. The van der Waals surface area contributed by atoms with E-state index in [1.54, 1.807) is 4.68 Å². The number of tetrazole rings is 1. The van der Waals surface area contributed by atoms with Gasteiger partial charge in [0.05, 0.1) is 5.57 Å². The van der Waals surface area contributed by atoms with Gasteiger partial charge in [0, 0.05) is 15.9 Å². The van der Waals surface area contributed by atoms with Gasteiger partial charge in [0.2, 0.25) is 5.95 Å². The van der Waals surface area contributed by atoms with E-state index in [2.05, 4.69) is 42.1 Å². The van der Waals surface area contributed by atoms with Crippen molar-refractivity contribution in [2.24, 2.45) is 0 Å². The number of benzene rings is 3. The third-order valence-corrected chi connectivity index (χ3v) is 6.85. The van der Waals surface area contributed by atoms with Crippen molar-refractivity contribution < 1.29 is 9.53 Å². The number of halogens is 1. The number of fused-ring (bicyclic) bond motifs is 1. The van der Waals surface area contributed by atoms with Gasteiger partial charge in [-0.05, 0) is 83.8 Å². The summed E-state index contributed by atoms with van der Waals surface area (Å²) in [5.74, 6) is 1.00. The Hall–Kier alpha value is -3.98. The van der Waals surface area contributed by atoms with Crippen LogP contribution in [0.25, 0.3) is 0 Å². The SMILES string of the molecule is CC1=C(C(=O)Nc2cccc(C)c2C)C(c2ccc(OCc3ccc(Br)cc3)cc2)n2nnnc2N1. The van der Waals surface area contributed by atoms with E-state index in [0.717, 1.165) is 38.2 Å². The monoisotopic (exact) mass is 544 g/mol. The number of anilines is 2. The van der Waals surface area contributed by atoms with Crippen LogP contribution < -0.4 is 15.4 Å². The normalized spacial score (nSPS) is 14.7. The summed E-state index contributed by atoms with van der Waals surface area (Å²) in [5, 5.41) is 18.3. The Balaban J connectivity index is 1.42. The van der Waals surface area contributed by atoms with Crippen LogP contribution in [-0.4, -0.2) is 26.1 Å². The fourth-order valence-corrected chi connectivity index (χ4v) is 4.45. The van der Waals surface area contributed by atoms with Crippen LogP contribution in [-0.2, 0) is 11.4 Å². The molecule has 8 nitrogen and oxygen atoms in total. The second-order valence-corrected chi connectivity index (χ2v) is 9.61. The minimum atomic E-state index is -0.498. The van der Waals surface area contributed by atoms with E-state index in [1.165, 1.54) is 0 Å². The average Bonchev–Trinajstić information content (AvgIpc) is 3.34. The van der Waals surface area contributed by atoms with Crippen LogP contribution in [0, 0.1) is 13.8 Å². The number of allylic oxidation sites excluding steroid dienone is 1. The lowest BCUT2D eigenvalue weighted by Gasteiger charge is -2.28. The number of amides is 1. The summed E-state index contributed by atoms with van der Waals surface area (Å²) in [6, 6.07) is 21.0. The second-order valence-electron chi connectivity index (χ2n) is 8.70. The van der Waals surface area contributed by atoms with Gasteiger partial charge in [-0.1, -0.05) is 57.4 Å². The van der Waals surface area contributed by atoms with Gasteiger partial charge in [0.15, 0.2) is 0 Å². The van der Waals surface area contributed by atoms with Gasteiger partial charge >= 0.3 is 0 Å². The summed E-state index contributed by atoms with van der Waals surface area (Å²) in [5.41, 5.74) is 6.09. The van der Waals surface area contributed by atoms with Crippen molar-refractivity contribution in [3.63, 3.8) is 0 Å². The topological polar surface area (TPSA) is 94.0 Å². The third-order valence-electron chi connectivity index (χ3n) is 6.33. The highest BCUT2D eigenvalue weighted by Gasteiger charge is 2.34. The number of rotatable bonds is 6. The highest BCUT2D eigenvalue weighted by Crippen LogP contribution is 2.36. The van der Waals surface area contributed by atoms with Crippen LogP contribution in [0.2, 0.25) is 0 Å². The zero-order chi connectivity index (χ0) is 25.2. The van der Waals surface area contributed by atoms with Gasteiger partial charge in [-0.2, -0.15) is 4.68 Å². The molecular weight excluding hydrogens is 520 g/mol. The fraction of sp³-hybridized carbons (Fsp3) is 0.185. The van der Waals surface area contributed by atoms with E-state index in [9.17, 15) is 4.79 Å². The summed E-state index contributed by atoms with van der Waals surface area (Å²) >= 11 is 3.45. The first-order valence-corrected chi connectivity index (χ1v) is 12.3.